The van der Waals surface area contributed by atoms with E-state index in [1.807, 2.05) is 0 Å². The van der Waals surface area contributed by atoms with Crippen molar-refractivity contribution in [3.05, 3.63) is 38.9 Å². The Balaban J connectivity index is 2.10. The molecule has 0 spiro atoms. The molecule has 0 radical (unpaired) electrons. The number of hydrogen-bond donors (Lipinski definition) is 1. The van der Waals surface area contributed by atoms with E-state index < -0.39 is 16.8 Å². The number of nitrogens with zero attached hydrogens (tertiary/aromatic N) is 2. The average molecular weight is 327 g/mol. The van der Waals surface area contributed by atoms with Crippen LogP contribution < -0.4 is 0 Å². The summed E-state index contributed by atoms with van der Waals surface area (Å²) in [5.41, 5.74) is -0.309. The number of carbonyl (C=O) groups excluding carboxylic acids is 1. The number of likely N-dealkylation sites (tertiary alicyclic amines) is 1. The normalized spacial score (nSPS) is 15.6. The van der Waals surface area contributed by atoms with E-state index in [0.29, 0.717) is 25.9 Å². The van der Waals surface area contributed by atoms with Crippen molar-refractivity contribution in [2.75, 3.05) is 13.1 Å². The highest BCUT2D eigenvalue weighted by molar-refractivity contribution is 6.31. The van der Waals surface area contributed by atoms with E-state index in [1.54, 1.807) is 0 Å². The molecule has 1 aliphatic heterocycles. The molecule has 1 amide bonds. The molecule has 8 heteroatoms. The van der Waals surface area contributed by atoms with Crippen LogP contribution in [0.5, 0.6) is 0 Å². The van der Waals surface area contributed by atoms with Crippen molar-refractivity contribution in [1.82, 2.24) is 4.90 Å². The maximum Gasteiger partial charge on any atom is 0.303 e. The molecule has 1 aromatic rings. The van der Waals surface area contributed by atoms with Crippen LogP contribution >= 0.6 is 11.6 Å². The van der Waals surface area contributed by atoms with E-state index >= 15 is 0 Å². The van der Waals surface area contributed by atoms with Gasteiger partial charge in [-0.3, -0.25) is 19.7 Å². The number of nitro groups is 1. The number of benzene rings is 1. The monoisotopic (exact) mass is 326 g/mol. The van der Waals surface area contributed by atoms with Crippen molar-refractivity contribution in [2.45, 2.75) is 19.3 Å². The largest absolute Gasteiger partial charge is 0.481 e. The standard InChI is InChI=1S/C14H15ClN2O5/c15-10-1-2-11(12(8-10)17(21)22)14(20)16-5-3-9(4-6-16)7-13(18)19/h1-2,8-9H,3-7H2,(H,18,19). The lowest BCUT2D eigenvalue weighted by Gasteiger charge is -2.31. The molecule has 0 aromatic heterocycles. The van der Waals surface area contributed by atoms with Crippen LogP contribution in [0.4, 0.5) is 5.69 Å². The first-order chi connectivity index (χ1) is 10.4. The second-order valence-electron chi connectivity index (χ2n) is 5.25. The molecule has 0 bridgehead atoms. The third-order valence-electron chi connectivity index (χ3n) is 3.75. The zero-order valence-electron chi connectivity index (χ0n) is 11.7. The van der Waals surface area contributed by atoms with Crippen LogP contribution in [-0.2, 0) is 4.79 Å². The average Bonchev–Trinajstić information content (AvgIpc) is 2.46. The number of rotatable bonds is 4. The molecule has 2 rings (SSSR count). The summed E-state index contributed by atoms with van der Waals surface area (Å²) in [4.78, 5) is 35.1. The molecule has 1 aromatic carbocycles. The number of aliphatic carboxylic acids is 1. The summed E-state index contributed by atoms with van der Waals surface area (Å²) in [6.45, 7) is 0.799. The third-order valence-corrected chi connectivity index (χ3v) is 3.99. The highest BCUT2D eigenvalue weighted by Crippen LogP contribution is 2.27. The summed E-state index contributed by atoms with van der Waals surface area (Å²) in [6.07, 6.45) is 1.25. The van der Waals surface area contributed by atoms with Gasteiger partial charge >= 0.3 is 5.97 Å². The molecule has 1 heterocycles. The molecular weight excluding hydrogens is 312 g/mol. The van der Waals surface area contributed by atoms with Gasteiger partial charge in [-0.25, -0.2) is 0 Å². The maximum atomic E-state index is 12.4. The lowest BCUT2D eigenvalue weighted by molar-refractivity contribution is -0.385. The summed E-state index contributed by atoms with van der Waals surface area (Å²) in [6, 6.07) is 3.96. The summed E-state index contributed by atoms with van der Waals surface area (Å²) in [5, 5.41) is 20.0. The number of piperidine rings is 1. The number of halogens is 1. The van der Waals surface area contributed by atoms with Crippen LogP contribution in [0.25, 0.3) is 0 Å². The van der Waals surface area contributed by atoms with Gasteiger partial charge in [0.15, 0.2) is 0 Å². The second-order valence-corrected chi connectivity index (χ2v) is 5.69. The fraction of sp³-hybridized carbons (Fsp3) is 0.429. The molecule has 7 nitrogen and oxygen atoms in total. The van der Waals surface area contributed by atoms with Gasteiger partial charge in [-0.2, -0.15) is 0 Å². The predicted octanol–water partition coefficient (Wildman–Crippen LogP) is 2.58. The SMILES string of the molecule is O=C(O)CC1CCN(C(=O)c2ccc(Cl)cc2[N+](=O)[O-])CC1. The number of carbonyl (C=O) groups is 2. The first kappa shape index (κ1) is 16.2. The van der Waals surface area contributed by atoms with Crippen LogP contribution in [0, 0.1) is 16.0 Å². The minimum atomic E-state index is -0.849. The minimum absolute atomic E-state index is 0.00563. The molecule has 1 aliphatic rings. The van der Waals surface area contributed by atoms with Gasteiger partial charge in [0.1, 0.15) is 5.56 Å². The van der Waals surface area contributed by atoms with Gasteiger partial charge in [-0.05, 0) is 30.9 Å². The molecule has 118 valence electrons. The summed E-state index contributed by atoms with van der Waals surface area (Å²) >= 11 is 5.73. The van der Waals surface area contributed by atoms with Crippen molar-refractivity contribution < 1.29 is 19.6 Å². The topological polar surface area (TPSA) is 101 Å². The fourth-order valence-electron chi connectivity index (χ4n) is 2.59. The molecule has 0 unspecified atom stereocenters. The Bertz CT molecular complexity index is 611. The Morgan fingerprint density at radius 1 is 1.36 bits per heavy atom. The molecule has 0 aliphatic carbocycles. The van der Waals surface area contributed by atoms with Crippen LogP contribution in [0.15, 0.2) is 18.2 Å². The lowest BCUT2D eigenvalue weighted by atomic mass is 9.93. The summed E-state index contributed by atoms with van der Waals surface area (Å²) in [5.74, 6) is -1.22. The van der Waals surface area contributed by atoms with Gasteiger partial charge < -0.3 is 10.0 Å². The zero-order chi connectivity index (χ0) is 16.3. The number of amides is 1. The number of carboxylic acid groups (broad SMARTS) is 1. The van der Waals surface area contributed by atoms with E-state index in [9.17, 15) is 19.7 Å². The van der Waals surface area contributed by atoms with Crippen molar-refractivity contribution in [2.24, 2.45) is 5.92 Å². The van der Waals surface area contributed by atoms with Gasteiger partial charge in [0.2, 0.25) is 0 Å². The van der Waals surface area contributed by atoms with Crippen molar-refractivity contribution >= 4 is 29.2 Å². The lowest BCUT2D eigenvalue weighted by Crippen LogP contribution is -2.39. The van der Waals surface area contributed by atoms with Crippen molar-refractivity contribution in [3.8, 4) is 0 Å². The van der Waals surface area contributed by atoms with E-state index in [4.69, 9.17) is 16.7 Å². The Kier molecular flexibility index (Phi) is 4.97. The summed E-state index contributed by atoms with van der Waals surface area (Å²) in [7, 11) is 0. The molecule has 22 heavy (non-hydrogen) atoms. The van der Waals surface area contributed by atoms with Crippen LogP contribution in [0.1, 0.15) is 29.6 Å². The Labute approximate surface area is 131 Å². The van der Waals surface area contributed by atoms with Gasteiger partial charge in [0, 0.05) is 30.6 Å². The van der Waals surface area contributed by atoms with Gasteiger partial charge in [-0.15, -0.1) is 0 Å². The summed E-state index contributed by atoms with van der Waals surface area (Å²) < 4.78 is 0. The Morgan fingerprint density at radius 3 is 2.55 bits per heavy atom. The molecule has 1 fully saturated rings. The minimum Gasteiger partial charge on any atom is -0.481 e. The highest BCUT2D eigenvalue weighted by Gasteiger charge is 2.29. The van der Waals surface area contributed by atoms with Gasteiger partial charge in [0.25, 0.3) is 11.6 Å². The number of carboxylic acids is 1. The van der Waals surface area contributed by atoms with Crippen LogP contribution in [0.2, 0.25) is 5.02 Å². The second kappa shape index (κ2) is 6.74. The van der Waals surface area contributed by atoms with E-state index in [2.05, 4.69) is 0 Å². The molecule has 0 atom stereocenters. The maximum absolute atomic E-state index is 12.4. The van der Waals surface area contributed by atoms with Crippen LogP contribution in [0.3, 0.4) is 0 Å². The highest BCUT2D eigenvalue weighted by atomic mass is 35.5. The Hall–Kier alpha value is -2.15. The van der Waals surface area contributed by atoms with E-state index in [1.165, 1.54) is 17.0 Å². The third kappa shape index (κ3) is 3.73. The molecule has 1 saturated heterocycles. The molecule has 0 saturated carbocycles. The quantitative estimate of drug-likeness (QED) is 0.677. The fourth-order valence-corrected chi connectivity index (χ4v) is 2.76. The van der Waals surface area contributed by atoms with Crippen LogP contribution in [-0.4, -0.2) is 39.9 Å². The van der Waals surface area contributed by atoms with Crippen molar-refractivity contribution in [1.29, 1.82) is 0 Å². The number of hydrogen-bond acceptors (Lipinski definition) is 4. The first-order valence-electron chi connectivity index (χ1n) is 6.83. The Morgan fingerprint density at radius 2 is 2.00 bits per heavy atom. The smallest absolute Gasteiger partial charge is 0.303 e. The van der Waals surface area contributed by atoms with E-state index in [0.717, 1.165) is 6.07 Å². The van der Waals surface area contributed by atoms with Crippen molar-refractivity contribution in [3.63, 3.8) is 0 Å². The molecule has 1 N–H and O–H groups in total. The zero-order valence-corrected chi connectivity index (χ0v) is 12.5. The number of nitro benzene ring substituents is 1. The van der Waals surface area contributed by atoms with Gasteiger partial charge in [-0.1, -0.05) is 11.6 Å². The van der Waals surface area contributed by atoms with Gasteiger partial charge in [0.05, 0.1) is 4.92 Å². The predicted molar refractivity (Wildman–Crippen MR) is 79.0 cm³/mol. The van der Waals surface area contributed by atoms with E-state index in [-0.39, 0.29) is 28.6 Å². The first-order valence-corrected chi connectivity index (χ1v) is 7.21. The molecular formula is C14H15ClN2O5.